The third kappa shape index (κ3) is 5.38. The van der Waals surface area contributed by atoms with Crippen molar-refractivity contribution >= 4 is 23.5 Å². The van der Waals surface area contributed by atoms with Crippen LogP contribution in [0.5, 0.6) is 11.5 Å². The van der Waals surface area contributed by atoms with Gasteiger partial charge >= 0.3 is 0 Å². The fourth-order valence-corrected chi connectivity index (χ4v) is 2.50. The summed E-state index contributed by atoms with van der Waals surface area (Å²) >= 11 is 1.37. The van der Waals surface area contributed by atoms with Crippen LogP contribution in [0.1, 0.15) is 41.9 Å². The zero-order valence-electron chi connectivity index (χ0n) is 14.0. The zero-order chi connectivity index (χ0) is 17.2. The second-order valence-corrected chi connectivity index (χ2v) is 6.02. The van der Waals surface area contributed by atoms with Gasteiger partial charge in [-0.15, -0.1) is 11.3 Å². The Bertz CT molecular complexity index is 669. The molecule has 0 aliphatic carbocycles. The molecule has 2 rings (SSSR count). The van der Waals surface area contributed by atoms with Crippen molar-refractivity contribution in [3.8, 4) is 11.5 Å². The van der Waals surface area contributed by atoms with Crippen molar-refractivity contribution in [2.45, 2.75) is 26.7 Å². The molecule has 128 valence electrons. The van der Waals surface area contributed by atoms with E-state index in [1.165, 1.54) is 11.3 Å². The van der Waals surface area contributed by atoms with E-state index in [4.69, 9.17) is 9.47 Å². The first-order valence-electron chi connectivity index (χ1n) is 8.01. The zero-order valence-corrected chi connectivity index (χ0v) is 14.8. The SMILES string of the molecule is CCCOc1ccc(/C=N\NC(=O)c2cccs2)c(OCCC)c1. The molecular formula is C18H22N2O3S. The highest BCUT2D eigenvalue weighted by molar-refractivity contribution is 7.12. The van der Waals surface area contributed by atoms with E-state index >= 15 is 0 Å². The van der Waals surface area contributed by atoms with Gasteiger partial charge in [0.1, 0.15) is 11.5 Å². The second kappa shape index (κ2) is 9.72. The molecular weight excluding hydrogens is 324 g/mol. The molecule has 0 bridgehead atoms. The van der Waals surface area contributed by atoms with Gasteiger partial charge in [-0.05, 0) is 36.4 Å². The summed E-state index contributed by atoms with van der Waals surface area (Å²) in [4.78, 5) is 12.5. The van der Waals surface area contributed by atoms with Crippen LogP contribution in [0.25, 0.3) is 0 Å². The molecule has 24 heavy (non-hydrogen) atoms. The summed E-state index contributed by atoms with van der Waals surface area (Å²) in [6.45, 7) is 5.38. The van der Waals surface area contributed by atoms with Crippen LogP contribution < -0.4 is 14.9 Å². The van der Waals surface area contributed by atoms with E-state index in [9.17, 15) is 4.79 Å². The molecule has 0 fully saturated rings. The molecule has 0 saturated carbocycles. The number of nitrogens with zero attached hydrogens (tertiary/aromatic N) is 1. The monoisotopic (exact) mass is 346 g/mol. The Morgan fingerprint density at radius 3 is 2.71 bits per heavy atom. The van der Waals surface area contributed by atoms with Crippen molar-refractivity contribution in [2.75, 3.05) is 13.2 Å². The van der Waals surface area contributed by atoms with Gasteiger partial charge in [0, 0.05) is 11.6 Å². The summed E-state index contributed by atoms with van der Waals surface area (Å²) in [5.74, 6) is 1.24. The van der Waals surface area contributed by atoms with E-state index < -0.39 is 0 Å². The van der Waals surface area contributed by atoms with Crippen molar-refractivity contribution < 1.29 is 14.3 Å². The summed E-state index contributed by atoms with van der Waals surface area (Å²) in [6.07, 6.45) is 3.44. The minimum atomic E-state index is -0.222. The van der Waals surface area contributed by atoms with Crippen LogP contribution >= 0.6 is 11.3 Å². The van der Waals surface area contributed by atoms with Crippen molar-refractivity contribution in [1.29, 1.82) is 0 Å². The van der Waals surface area contributed by atoms with Crippen LogP contribution in [0.4, 0.5) is 0 Å². The van der Waals surface area contributed by atoms with Gasteiger partial charge in [-0.3, -0.25) is 4.79 Å². The van der Waals surface area contributed by atoms with Crippen LogP contribution in [0.15, 0.2) is 40.8 Å². The van der Waals surface area contributed by atoms with E-state index in [1.54, 1.807) is 12.3 Å². The van der Waals surface area contributed by atoms with Gasteiger partial charge in [0.05, 0.1) is 24.3 Å². The fourth-order valence-electron chi connectivity index (χ4n) is 1.89. The maximum absolute atomic E-state index is 11.9. The van der Waals surface area contributed by atoms with Crippen molar-refractivity contribution in [3.63, 3.8) is 0 Å². The number of amides is 1. The van der Waals surface area contributed by atoms with E-state index in [2.05, 4.69) is 17.5 Å². The maximum Gasteiger partial charge on any atom is 0.281 e. The largest absolute Gasteiger partial charge is 0.493 e. The molecule has 0 aliphatic heterocycles. The van der Waals surface area contributed by atoms with Crippen LogP contribution in [-0.4, -0.2) is 25.3 Å². The van der Waals surface area contributed by atoms with Crippen LogP contribution in [-0.2, 0) is 0 Å². The number of hydrogen-bond donors (Lipinski definition) is 1. The number of ether oxygens (including phenoxy) is 2. The van der Waals surface area contributed by atoms with Crippen LogP contribution in [0.2, 0.25) is 0 Å². The number of thiophene rings is 1. The van der Waals surface area contributed by atoms with Gasteiger partial charge in [-0.1, -0.05) is 19.9 Å². The number of hydrazone groups is 1. The van der Waals surface area contributed by atoms with Gasteiger partial charge < -0.3 is 9.47 Å². The molecule has 1 heterocycles. The van der Waals surface area contributed by atoms with E-state index in [0.29, 0.717) is 23.8 Å². The Morgan fingerprint density at radius 2 is 2.00 bits per heavy atom. The lowest BCUT2D eigenvalue weighted by Gasteiger charge is -2.11. The second-order valence-electron chi connectivity index (χ2n) is 5.07. The number of nitrogens with one attached hydrogen (secondary N) is 1. The molecule has 1 aromatic heterocycles. The standard InChI is InChI=1S/C18H22N2O3S/c1-3-9-22-15-8-7-14(16(12-15)23-10-4-2)13-19-20-18(21)17-6-5-11-24-17/h5-8,11-13H,3-4,9-10H2,1-2H3,(H,20,21)/b19-13-. The topological polar surface area (TPSA) is 59.9 Å². The average molecular weight is 346 g/mol. The normalized spacial score (nSPS) is 10.8. The van der Waals surface area contributed by atoms with E-state index in [0.717, 1.165) is 24.2 Å². The van der Waals surface area contributed by atoms with Crippen LogP contribution in [0, 0.1) is 0 Å². The maximum atomic E-state index is 11.9. The molecule has 2 aromatic rings. The highest BCUT2D eigenvalue weighted by Gasteiger charge is 2.06. The third-order valence-electron chi connectivity index (χ3n) is 3.03. The minimum absolute atomic E-state index is 0.222. The lowest BCUT2D eigenvalue weighted by molar-refractivity contribution is 0.0959. The summed E-state index contributed by atoms with van der Waals surface area (Å²) in [6, 6.07) is 9.18. The molecule has 1 N–H and O–H groups in total. The molecule has 5 nitrogen and oxygen atoms in total. The Kier molecular flexibility index (Phi) is 7.29. The Balaban J connectivity index is 2.06. The number of carbonyl (C=O) groups is 1. The third-order valence-corrected chi connectivity index (χ3v) is 3.90. The van der Waals surface area contributed by atoms with Crippen LogP contribution in [0.3, 0.4) is 0 Å². The lowest BCUT2D eigenvalue weighted by Crippen LogP contribution is -2.16. The smallest absolute Gasteiger partial charge is 0.281 e. The Morgan fingerprint density at radius 1 is 1.21 bits per heavy atom. The molecule has 6 heteroatoms. The first-order chi connectivity index (χ1) is 11.7. The first-order valence-corrected chi connectivity index (χ1v) is 8.89. The number of hydrogen-bond acceptors (Lipinski definition) is 5. The molecule has 0 unspecified atom stereocenters. The van der Waals surface area contributed by atoms with Gasteiger partial charge in [0.15, 0.2) is 0 Å². The highest BCUT2D eigenvalue weighted by atomic mass is 32.1. The van der Waals surface area contributed by atoms with Crippen molar-refractivity contribution in [1.82, 2.24) is 5.43 Å². The van der Waals surface area contributed by atoms with Crippen molar-refractivity contribution in [3.05, 3.63) is 46.2 Å². The predicted octanol–water partition coefficient (Wildman–Crippen LogP) is 4.09. The number of benzene rings is 1. The highest BCUT2D eigenvalue weighted by Crippen LogP contribution is 2.24. The molecule has 0 radical (unpaired) electrons. The van der Waals surface area contributed by atoms with E-state index in [1.807, 2.05) is 36.6 Å². The minimum Gasteiger partial charge on any atom is -0.493 e. The lowest BCUT2D eigenvalue weighted by atomic mass is 10.2. The Hall–Kier alpha value is -2.34. The Labute approximate surface area is 146 Å². The molecule has 1 aromatic carbocycles. The first kappa shape index (κ1) is 18.0. The average Bonchev–Trinajstić information content (AvgIpc) is 3.14. The van der Waals surface area contributed by atoms with Gasteiger partial charge in [-0.2, -0.15) is 5.10 Å². The van der Waals surface area contributed by atoms with Gasteiger partial charge in [0.25, 0.3) is 5.91 Å². The summed E-state index contributed by atoms with van der Waals surface area (Å²) in [5, 5.41) is 5.87. The summed E-state index contributed by atoms with van der Waals surface area (Å²) in [5.41, 5.74) is 3.31. The van der Waals surface area contributed by atoms with Gasteiger partial charge in [0.2, 0.25) is 0 Å². The number of carbonyl (C=O) groups excluding carboxylic acids is 1. The molecule has 0 spiro atoms. The fraction of sp³-hybridized carbons (Fsp3) is 0.333. The predicted molar refractivity (Wildman–Crippen MR) is 97.4 cm³/mol. The summed E-state index contributed by atoms with van der Waals surface area (Å²) in [7, 11) is 0. The van der Waals surface area contributed by atoms with E-state index in [-0.39, 0.29) is 5.91 Å². The summed E-state index contributed by atoms with van der Waals surface area (Å²) < 4.78 is 11.4. The van der Waals surface area contributed by atoms with Gasteiger partial charge in [-0.25, -0.2) is 5.43 Å². The molecule has 1 amide bonds. The molecule has 0 aliphatic rings. The quantitative estimate of drug-likeness (QED) is 0.549. The molecule has 0 atom stereocenters. The number of rotatable bonds is 9. The molecule has 0 saturated heterocycles. The van der Waals surface area contributed by atoms with Crippen molar-refractivity contribution in [2.24, 2.45) is 5.10 Å².